The molecule has 10 atom stereocenters. The topological polar surface area (TPSA) is 260 Å². The van der Waals surface area contributed by atoms with Crippen molar-refractivity contribution < 1.29 is 69.7 Å². The van der Waals surface area contributed by atoms with E-state index in [1.165, 1.54) is 13.0 Å². The highest BCUT2D eigenvalue weighted by atomic mass is 16.7. The third kappa shape index (κ3) is 5.04. The SMILES string of the molecule is CC1OC(OC2C(c3c(O)cc4oc(-c5ccc(O)c(O)c5)cc(=O)c4c3O)OC(CO)C(O)C2O)C(O)C(O)C1O. The quantitative estimate of drug-likeness (QED) is 0.153. The minimum Gasteiger partial charge on any atom is -0.507 e. The fourth-order valence-corrected chi connectivity index (χ4v) is 5.16. The number of phenolic OH excluding ortho intramolecular Hbond substituents is 4. The van der Waals surface area contributed by atoms with Gasteiger partial charge in [-0.25, -0.2) is 0 Å². The molecular weight excluding hydrogens is 564 g/mol. The molecule has 42 heavy (non-hydrogen) atoms. The van der Waals surface area contributed by atoms with Crippen LogP contribution in [0.2, 0.25) is 0 Å². The largest absolute Gasteiger partial charge is 0.507 e. The Kier molecular flexibility index (Phi) is 8.06. The van der Waals surface area contributed by atoms with Crippen molar-refractivity contribution in [2.45, 2.75) is 68.1 Å². The van der Waals surface area contributed by atoms with Crippen LogP contribution >= 0.6 is 0 Å². The second-order valence-corrected chi connectivity index (χ2v) is 10.3. The van der Waals surface area contributed by atoms with Crippen LogP contribution in [0.15, 0.2) is 39.5 Å². The van der Waals surface area contributed by atoms with E-state index >= 15 is 0 Å². The highest BCUT2D eigenvalue weighted by molar-refractivity contribution is 5.88. The number of aromatic hydroxyl groups is 4. The van der Waals surface area contributed by atoms with E-state index in [0.29, 0.717) is 0 Å². The fraction of sp³-hybridized carbons (Fsp3) is 0.444. The zero-order chi connectivity index (χ0) is 30.6. The summed E-state index contributed by atoms with van der Waals surface area (Å²) in [6.45, 7) is 0.568. The zero-order valence-corrected chi connectivity index (χ0v) is 21.9. The Morgan fingerprint density at radius 2 is 1.52 bits per heavy atom. The molecule has 10 unspecified atom stereocenters. The van der Waals surface area contributed by atoms with Crippen molar-refractivity contribution in [2.75, 3.05) is 6.61 Å². The van der Waals surface area contributed by atoms with Crippen LogP contribution in [0.3, 0.4) is 0 Å². The minimum atomic E-state index is -1.88. The molecule has 5 rings (SSSR count). The van der Waals surface area contributed by atoms with Gasteiger partial charge in [0.1, 0.15) is 77.1 Å². The van der Waals surface area contributed by atoms with Crippen molar-refractivity contribution in [2.24, 2.45) is 0 Å². The molecule has 2 aliphatic rings. The van der Waals surface area contributed by atoms with Crippen molar-refractivity contribution in [3.8, 4) is 34.3 Å². The van der Waals surface area contributed by atoms with Gasteiger partial charge < -0.3 is 69.7 Å². The molecule has 15 heteroatoms. The van der Waals surface area contributed by atoms with Gasteiger partial charge in [-0.15, -0.1) is 0 Å². The standard InChI is InChI=1S/C27H30O15/c1-8-19(33)22(36)24(38)27(39-8)42-26-23(37)20(34)16(7-28)41-25(26)18-13(32)6-15-17(21(18)35)12(31)5-14(40-15)9-2-3-10(29)11(30)4-9/h2-6,8,16,19-20,22-30,32-38H,7H2,1H3. The van der Waals surface area contributed by atoms with E-state index in [4.69, 9.17) is 18.6 Å². The maximum atomic E-state index is 13.2. The van der Waals surface area contributed by atoms with Gasteiger partial charge in [-0.1, -0.05) is 0 Å². The van der Waals surface area contributed by atoms with E-state index < -0.39 is 107 Å². The number of aliphatic hydroxyl groups excluding tert-OH is 6. The van der Waals surface area contributed by atoms with Gasteiger partial charge in [0.25, 0.3) is 0 Å². The number of phenols is 4. The first-order valence-corrected chi connectivity index (χ1v) is 12.9. The minimum absolute atomic E-state index is 0.0818. The number of ether oxygens (including phenoxy) is 3. The van der Waals surface area contributed by atoms with Gasteiger partial charge >= 0.3 is 0 Å². The smallest absolute Gasteiger partial charge is 0.197 e. The summed E-state index contributed by atoms with van der Waals surface area (Å²) >= 11 is 0. The number of hydrogen-bond donors (Lipinski definition) is 10. The maximum Gasteiger partial charge on any atom is 0.197 e. The molecule has 0 amide bonds. The Balaban J connectivity index is 1.59. The third-order valence-corrected chi connectivity index (χ3v) is 7.52. The molecule has 2 fully saturated rings. The van der Waals surface area contributed by atoms with E-state index in [9.17, 15) is 55.9 Å². The molecule has 1 aromatic heterocycles. The third-order valence-electron chi connectivity index (χ3n) is 7.52. The van der Waals surface area contributed by atoms with E-state index in [-0.39, 0.29) is 16.9 Å². The van der Waals surface area contributed by atoms with Gasteiger partial charge in [-0.3, -0.25) is 4.79 Å². The van der Waals surface area contributed by atoms with Gasteiger partial charge in [0.2, 0.25) is 0 Å². The number of hydrogen-bond acceptors (Lipinski definition) is 15. The lowest BCUT2D eigenvalue weighted by molar-refractivity contribution is -0.338. The predicted octanol–water partition coefficient (Wildman–Crippen LogP) is -1.35. The van der Waals surface area contributed by atoms with Crippen LogP contribution in [-0.2, 0) is 14.2 Å². The summed E-state index contributed by atoms with van der Waals surface area (Å²) in [7, 11) is 0. The van der Waals surface area contributed by atoms with Gasteiger partial charge in [-0.2, -0.15) is 0 Å². The first-order valence-electron chi connectivity index (χ1n) is 12.9. The molecule has 15 nitrogen and oxygen atoms in total. The van der Waals surface area contributed by atoms with Gasteiger partial charge in [-0.05, 0) is 25.1 Å². The van der Waals surface area contributed by atoms with Gasteiger partial charge in [0, 0.05) is 17.7 Å². The number of rotatable bonds is 5. The lowest BCUT2D eigenvalue weighted by Gasteiger charge is -2.46. The van der Waals surface area contributed by atoms with Crippen LogP contribution in [0.25, 0.3) is 22.3 Å². The first kappa shape index (κ1) is 30.0. The number of benzene rings is 2. The molecule has 3 aromatic rings. The summed E-state index contributed by atoms with van der Waals surface area (Å²) < 4.78 is 22.5. The molecule has 3 heterocycles. The fourth-order valence-electron chi connectivity index (χ4n) is 5.16. The zero-order valence-electron chi connectivity index (χ0n) is 21.9. The van der Waals surface area contributed by atoms with Crippen molar-refractivity contribution in [1.82, 2.24) is 0 Å². The Hall–Kier alpha value is -3.51. The molecule has 0 aliphatic carbocycles. The average Bonchev–Trinajstić information content (AvgIpc) is 2.94. The number of fused-ring (bicyclic) bond motifs is 1. The number of aliphatic hydroxyl groups is 6. The van der Waals surface area contributed by atoms with E-state index in [0.717, 1.165) is 24.3 Å². The highest BCUT2D eigenvalue weighted by Crippen LogP contribution is 2.46. The molecule has 2 aromatic carbocycles. The van der Waals surface area contributed by atoms with Crippen molar-refractivity contribution in [1.29, 1.82) is 0 Å². The second-order valence-electron chi connectivity index (χ2n) is 10.3. The normalized spacial score (nSPS) is 33.6. The van der Waals surface area contributed by atoms with Crippen LogP contribution in [0.5, 0.6) is 23.0 Å². The van der Waals surface area contributed by atoms with E-state index in [2.05, 4.69) is 0 Å². The summed E-state index contributed by atoms with van der Waals surface area (Å²) in [5.74, 6) is -2.56. The van der Waals surface area contributed by atoms with Crippen LogP contribution in [0.1, 0.15) is 18.6 Å². The van der Waals surface area contributed by atoms with Crippen LogP contribution in [-0.4, -0.2) is 113 Å². The molecule has 0 bridgehead atoms. The Morgan fingerprint density at radius 3 is 2.19 bits per heavy atom. The van der Waals surface area contributed by atoms with Crippen molar-refractivity contribution in [3.05, 3.63) is 46.1 Å². The molecule has 0 saturated carbocycles. The second kappa shape index (κ2) is 11.3. The monoisotopic (exact) mass is 594 g/mol. The van der Waals surface area contributed by atoms with Gasteiger partial charge in [0.15, 0.2) is 23.2 Å². The van der Waals surface area contributed by atoms with Crippen LogP contribution < -0.4 is 5.43 Å². The Morgan fingerprint density at radius 1 is 0.810 bits per heavy atom. The Labute approximate surface area is 236 Å². The summed E-state index contributed by atoms with van der Waals surface area (Å²) in [5.41, 5.74) is -1.42. The van der Waals surface area contributed by atoms with Gasteiger partial charge in [0.05, 0.1) is 18.3 Å². The lowest BCUT2D eigenvalue weighted by Crippen LogP contribution is -2.61. The van der Waals surface area contributed by atoms with Crippen molar-refractivity contribution in [3.63, 3.8) is 0 Å². The lowest BCUT2D eigenvalue weighted by atomic mass is 9.89. The molecular formula is C27H30O15. The van der Waals surface area contributed by atoms with E-state index in [1.54, 1.807) is 0 Å². The average molecular weight is 595 g/mol. The predicted molar refractivity (Wildman–Crippen MR) is 139 cm³/mol. The van der Waals surface area contributed by atoms with Crippen molar-refractivity contribution >= 4 is 11.0 Å². The summed E-state index contributed by atoms with van der Waals surface area (Å²) in [6, 6.07) is 5.60. The summed E-state index contributed by atoms with van der Waals surface area (Å²) in [5, 5.41) is 103. The Bertz CT molecular complexity index is 1520. The summed E-state index contributed by atoms with van der Waals surface area (Å²) in [6.07, 6.45) is -16.3. The maximum absolute atomic E-state index is 13.2. The highest BCUT2D eigenvalue weighted by Gasteiger charge is 2.51. The molecule has 2 saturated heterocycles. The molecule has 228 valence electrons. The molecule has 2 aliphatic heterocycles. The van der Waals surface area contributed by atoms with E-state index in [1.807, 2.05) is 0 Å². The molecule has 0 spiro atoms. The summed E-state index contributed by atoms with van der Waals surface area (Å²) in [4.78, 5) is 13.2. The van der Waals surface area contributed by atoms with Crippen LogP contribution in [0, 0.1) is 0 Å². The van der Waals surface area contributed by atoms with Crippen LogP contribution in [0.4, 0.5) is 0 Å². The first-order chi connectivity index (χ1) is 19.8. The molecule has 0 radical (unpaired) electrons. The molecule has 10 N–H and O–H groups in total.